The van der Waals surface area contributed by atoms with E-state index >= 15 is 0 Å². The Balaban J connectivity index is 0.000000494. The van der Waals surface area contributed by atoms with Gasteiger partial charge in [-0.25, -0.2) is 0 Å². The molecule has 0 saturated carbocycles. The van der Waals surface area contributed by atoms with E-state index in [0.29, 0.717) is 50.1 Å². The lowest BCUT2D eigenvalue weighted by Gasteiger charge is -2.37. The van der Waals surface area contributed by atoms with Gasteiger partial charge in [-0.05, 0) is 61.7 Å². The first kappa shape index (κ1) is 34.8. The van der Waals surface area contributed by atoms with E-state index in [2.05, 4.69) is 27.1 Å². The summed E-state index contributed by atoms with van der Waals surface area (Å²) in [7, 11) is 0. The van der Waals surface area contributed by atoms with Gasteiger partial charge in [0, 0.05) is 74.4 Å². The Morgan fingerprint density at radius 2 is 1.67 bits per heavy atom. The number of anilines is 2. The first-order valence-electron chi connectivity index (χ1n) is 16.0. The molecule has 12 heteroatoms. The summed E-state index contributed by atoms with van der Waals surface area (Å²) in [5, 5.41) is 3.76. The van der Waals surface area contributed by atoms with Crippen LogP contribution < -0.4 is 20.4 Å². The van der Waals surface area contributed by atoms with Gasteiger partial charge >= 0.3 is 0 Å². The number of fused-ring (bicyclic) bond motifs is 1. The number of para-hydroxylation sites is 1. The Kier molecular flexibility index (Phi) is 12.0. The molecule has 2 saturated heterocycles. The fourth-order valence-electron chi connectivity index (χ4n) is 5.72. The van der Waals surface area contributed by atoms with Crippen LogP contribution in [0.2, 0.25) is 5.02 Å². The molecule has 2 N–H and O–H groups in total. The normalized spacial score (nSPS) is 14.7. The van der Waals surface area contributed by atoms with Crippen LogP contribution >= 0.6 is 23.5 Å². The van der Waals surface area contributed by atoms with Gasteiger partial charge in [0.05, 0.1) is 11.9 Å². The van der Waals surface area contributed by atoms with Crippen molar-refractivity contribution in [2.24, 2.45) is 0 Å². The number of aryl methyl sites for hydroxylation is 1. The number of halogens is 1. The molecule has 2 fully saturated rings. The lowest BCUT2D eigenvalue weighted by Crippen LogP contribution is -2.51. The number of hydrogen-bond acceptors (Lipinski definition) is 8. The number of nitrogens with one attached hydrogen (secondary N) is 2. The van der Waals surface area contributed by atoms with Gasteiger partial charge in [-0.1, -0.05) is 59.4 Å². The Hall–Kier alpha value is -4.48. The van der Waals surface area contributed by atoms with E-state index in [1.165, 1.54) is 17.5 Å². The van der Waals surface area contributed by atoms with E-state index in [1.54, 1.807) is 23.1 Å². The van der Waals surface area contributed by atoms with E-state index in [-0.39, 0.29) is 29.5 Å². The van der Waals surface area contributed by atoms with E-state index in [0.717, 1.165) is 47.4 Å². The second kappa shape index (κ2) is 16.6. The molecule has 2 aliphatic rings. The zero-order valence-corrected chi connectivity index (χ0v) is 28.7. The summed E-state index contributed by atoms with van der Waals surface area (Å²) in [6.07, 6.45) is 4.49. The minimum Gasteiger partial charge on any atom is -0.451 e. The smallest absolute Gasteiger partial charge is 0.287 e. The fourth-order valence-corrected chi connectivity index (χ4v) is 6.21. The lowest BCUT2D eigenvalue weighted by atomic mass is 10.1. The number of carbonyl (C=O) groups excluding carboxylic acids is 3. The molecule has 6 rings (SSSR count). The number of benzene rings is 3. The predicted octanol–water partition coefficient (Wildman–Crippen LogP) is 5.72. The van der Waals surface area contributed by atoms with Gasteiger partial charge in [-0.3, -0.25) is 19.2 Å². The van der Waals surface area contributed by atoms with Gasteiger partial charge in [-0.2, -0.15) is 0 Å². The highest BCUT2D eigenvalue weighted by atomic mass is 35.5. The lowest BCUT2D eigenvalue weighted by molar-refractivity contribution is -0.134. The van der Waals surface area contributed by atoms with Crippen molar-refractivity contribution in [3.05, 3.63) is 105 Å². The summed E-state index contributed by atoms with van der Waals surface area (Å²) in [6.45, 7) is 5.57. The quantitative estimate of drug-likeness (QED) is 0.226. The minimum atomic E-state index is -0.613. The molecule has 0 aliphatic carbocycles. The third kappa shape index (κ3) is 9.11. The zero-order chi connectivity index (χ0) is 34.0. The molecule has 1 aromatic heterocycles. The molecule has 10 nitrogen and oxygen atoms in total. The molecule has 4 aromatic rings. The summed E-state index contributed by atoms with van der Waals surface area (Å²) in [5.41, 5.74) is 4.17. The Morgan fingerprint density at radius 3 is 2.38 bits per heavy atom. The fraction of sp³-hybridized carbons (Fsp3) is 0.333. The van der Waals surface area contributed by atoms with Gasteiger partial charge < -0.3 is 29.2 Å². The Labute approximate surface area is 289 Å². The average Bonchev–Trinajstić information content (AvgIpc) is 3.10. The first-order valence-corrected chi connectivity index (χ1v) is 17.6. The Bertz CT molecular complexity index is 1790. The third-order valence-electron chi connectivity index (χ3n) is 8.33. The Morgan fingerprint density at radius 1 is 0.917 bits per heavy atom. The van der Waals surface area contributed by atoms with Crippen molar-refractivity contribution >= 4 is 63.6 Å². The van der Waals surface area contributed by atoms with Crippen molar-refractivity contribution in [1.29, 1.82) is 0 Å². The van der Waals surface area contributed by atoms with Crippen molar-refractivity contribution in [2.75, 3.05) is 55.1 Å². The van der Waals surface area contributed by atoms with Gasteiger partial charge in [0.2, 0.25) is 11.8 Å². The molecule has 48 heavy (non-hydrogen) atoms. The van der Waals surface area contributed by atoms with E-state index in [9.17, 15) is 19.2 Å². The second-order valence-corrected chi connectivity index (χ2v) is 12.8. The molecular weight excluding hydrogens is 650 g/mol. The summed E-state index contributed by atoms with van der Waals surface area (Å²) in [4.78, 5) is 56.4. The number of nitrogens with zero attached hydrogens (tertiary/aromatic N) is 3. The van der Waals surface area contributed by atoms with Crippen molar-refractivity contribution in [1.82, 2.24) is 15.1 Å². The van der Waals surface area contributed by atoms with Crippen LogP contribution in [0.4, 0.5) is 11.4 Å². The van der Waals surface area contributed by atoms with E-state index in [4.69, 9.17) is 16.0 Å². The van der Waals surface area contributed by atoms with Gasteiger partial charge in [0.15, 0.2) is 11.2 Å². The van der Waals surface area contributed by atoms with Crippen LogP contribution in [-0.4, -0.2) is 73.0 Å². The molecular formula is C36H40ClN5O5S. The SMILES string of the molecule is CSNc1ccc2oc(C(=O)NCC(=O)N3CCN(c4ccccc4CN4CCCCC4=O)CC3)cc(=O)c2c1.Cc1ccc(Cl)cc1. The molecule has 0 atom stereocenters. The topological polar surface area (TPSA) is 115 Å². The largest absolute Gasteiger partial charge is 0.451 e. The number of piperidine rings is 1. The molecule has 2 aliphatic heterocycles. The predicted molar refractivity (Wildman–Crippen MR) is 193 cm³/mol. The number of piperazine rings is 1. The van der Waals surface area contributed by atoms with Crippen LogP contribution in [0.5, 0.6) is 0 Å². The molecule has 252 valence electrons. The highest BCUT2D eigenvalue weighted by molar-refractivity contribution is 7.99. The van der Waals surface area contributed by atoms with Crippen LogP contribution in [0.3, 0.4) is 0 Å². The monoisotopic (exact) mass is 689 g/mol. The maximum Gasteiger partial charge on any atom is 0.287 e. The minimum absolute atomic E-state index is 0.135. The molecule has 3 amide bonds. The number of likely N-dealkylation sites (tertiary alicyclic amines) is 1. The number of rotatable bonds is 8. The standard InChI is InChI=1S/C29H33N5O5S.C7H7Cl/c1-40-31-21-9-10-25-22(16-21)24(35)17-26(39-25)29(38)30-18-28(37)33-14-12-32(13-15-33)23-7-3-2-6-20(23)19-34-11-5-4-8-27(34)36;1-6-2-4-7(8)5-3-6/h2-3,6-7,9-10,16-17,31H,4-5,8,11-15,18-19H2,1H3,(H,30,38);2-5H,1H3. The second-order valence-electron chi connectivity index (χ2n) is 11.7. The number of carbonyl (C=O) groups is 3. The van der Waals surface area contributed by atoms with E-state index < -0.39 is 5.91 Å². The number of hydrogen-bond donors (Lipinski definition) is 2. The first-order chi connectivity index (χ1) is 23.2. The zero-order valence-electron chi connectivity index (χ0n) is 27.2. The van der Waals surface area contributed by atoms with Crippen molar-refractivity contribution in [3.8, 4) is 0 Å². The average molecular weight is 690 g/mol. The van der Waals surface area contributed by atoms with Crippen molar-refractivity contribution in [3.63, 3.8) is 0 Å². The van der Waals surface area contributed by atoms with Crippen LogP contribution in [-0.2, 0) is 16.1 Å². The highest BCUT2D eigenvalue weighted by Crippen LogP contribution is 2.25. The van der Waals surface area contributed by atoms with Gasteiger partial charge in [0.1, 0.15) is 5.58 Å². The molecule has 0 spiro atoms. The van der Waals surface area contributed by atoms with Crippen molar-refractivity contribution in [2.45, 2.75) is 32.7 Å². The molecule has 3 aromatic carbocycles. The summed E-state index contributed by atoms with van der Waals surface area (Å²) >= 11 is 7.02. The molecule has 0 unspecified atom stereocenters. The highest BCUT2D eigenvalue weighted by Gasteiger charge is 2.25. The number of amides is 3. The third-order valence-corrected chi connectivity index (χ3v) is 9.02. The molecule has 0 radical (unpaired) electrons. The summed E-state index contributed by atoms with van der Waals surface area (Å²) in [5.74, 6) is -0.738. The van der Waals surface area contributed by atoms with Crippen LogP contribution in [0, 0.1) is 6.92 Å². The van der Waals surface area contributed by atoms with Crippen LogP contribution in [0.25, 0.3) is 11.0 Å². The van der Waals surface area contributed by atoms with Crippen LogP contribution in [0.15, 0.2) is 82.0 Å². The van der Waals surface area contributed by atoms with Gasteiger partial charge in [-0.15, -0.1) is 0 Å². The summed E-state index contributed by atoms with van der Waals surface area (Å²) < 4.78 is 8.71. The van der Waals surface area contributed by atoms with Gasteiger partial charge in [0.25, 0.3) is 5.91 Å². The summed E-state index contributed by atoms with van der Waals surface area (Å²) in [6, 6.07) is 22.1. The molecule has 3 heterocycles. The maximum atomic E-state index is 12.9. The van der Waals surface area contributed by atoms with Crippen LogP contribution in [0.1, 0.15) is 40.9 Å². The van der Waals surface area contributed by atoms with Crippen molar-refractivity contribution < 1.29 is 18.8 Å². The van der Waals surface area contributed by atoms with E-state index in [1.807, 2.05) is 54.5 Å². The maximum absolute atomic E-state index is 12.9. The molecule has 0 bridgehead atoms.